The molecule has 2 aromatic carbocycles. The Morgan fingerprint density at radius 1 is 1.05 bits per heavy atom. The molecule has 0 unspecified atom stereocenters. The Hall–Kier alpha value is -2.80. The van der Waals surface area contributed by atoms with Crippen molar-refractivity contribution in [2.45, 2.75) is 19.9 Å². The van der Waals surface area contributed by atoms with Crippen LogP contribution in [0.25, 0.3) is 0 Å². The van der Waals surface area contributed by atoms with E-state index < -0.39 is 0 Å². The maximum atomic E-state index is 12.1. The van der Waals surface area contributed by atoms with E-state index >= 15 is 0 Å². The van der Waals surface area contributed by atoms with Crippen molar-refractivity contribution in [3.63, 3.8) is 0 Å². The van der Waals surface area contributed by atoms with E-state index in [0.29, 0.717) is 11.3 Å². The Bertz CT molecular complexity index is 654. The monoisotopic (exact) mass is 279 g/mol. The number of carbonyl (C=O) groups excluding carboxylic acids is 1. The van der Waals surface area contributed by atoms with Crippen molar-refractivity contribution in [2.24, 2.45) is 0 Å². The highest BCUT2D eigenvalue weighted by Gasteiger charge is 2.12. The summed E-state index contributed by atoms with van der Waals surface area (Å²) in [5, 5.41) is 14.7. The second-order valence-electron chi connectivity index (χ2n) is 4.91. The van der Waals surface area contributed by atoms with Crippen LogP contribution in [0.15, 0.2) is 48.5 Å². The van der Waals surface area contributed by atoms with Gasteiger partial charge in [0.25, 0.3) is 0 Å². The molecule has 0 saturated heterocycles. The van der Waals surface area contributed by atoms with E-state index in [1.165, 1.54) is 5.56 Å². The summed E-state index contributed by atoms with van der Waals surface area (Å²) in [6, 6.07) is 16.3. The van der Waals surface area contributed by atoms with Crippen LogP contribution in [0.2, 0.25) is 0 Å². The molecule has 0 heterocycles. The van der Waals surface area contributed by atoms with Crippen molar-refractivity contribution in [1.82, 2.24) is 0 Å². The van der Waals surface area contributed by atoms with Crippen molar-refractivity contribution in [2.75, 3.05) is 10.6 Å². The van der Waals surface area contributed by atoms with Crippen LogP contribution >= 0.6 is 0 Å². The maximum absolute atomic E-state index is 12.1. The number of nitriles is 1. The highest BCUT2D eigenvalue weighted by molar-refractivity contribution is 5.96. The minimum absolute atomic E-state index is 0.125. The molecule has 2 N–H and O–H groups in total. The number of amides is 1. The summed E-state index contributed by atoms with van der Waals surface area (Å²) >= 11 is 0. The Kier molecular flexibility index (Phi) is 4.57. The molecule has 2 aromatic rings. The molecule has 21 heavy (non-hydrogen) atoms. The van der Waals surface area contributed by atoms with Gasteiger partial charge in [0, 0.05) is 11.4 Å². The SMILES string of the molecule is Cc1ccc(N[C@@H](C)C(=O)Nc2ccc(C#N)cc2)cc1. The van der Waals surface area contributed by atoms with Crippen molar-refractivity contribution in [1.29, 1.82) is 5.26 Å². The number of nitrogens with zero attached hydrogens (tertiary/aromatic N) is 1. The first-order chi connectivity index (χ1) is 10.1. The van der Waals surface area contributed by atoms with Crippen LogP contribution in [0, 0.1) is 18.3 Å². The smallest absolute Gasteiger partial charge is 0.246 e. The number of hydrogen-bond acceptors (Lipinski definition) is 3. The van der Waals surface area contributed by atoms with Crippen molar-refractivity contribution in [3.05, 3.63) is 59.7 Å². The molecule has 1 amide bonds. The molecule has 4 nitrogen and oxygen atoms in total. The number of benzene rings is 2. The van der Waals surface area contributed by atoms with E-state index in [0.717, 1.165) is 5.69 Å². The molecule has 0 spiro atoms. The lowest BCUT2D eigenvalue weighted by molar-refractivity contribution is -0.116. The number of hydrogen-bond donors (Lipinski definition) is 2. The van der Waals surface area contributed by atoms with Crippen molar-refractivity contribution in [3.8, 4) is 6.07 Å². The van der Waals surface area contributed by atoms with Crippen LogP contribution in [0.1, 0.15) is 18.1 Å². The third-order valence-electron chi connectivity index (χ3n) is 3.11. The van der Waals surface area contributed by atoms with Crippen LogP contribution < -0.4 is 10.6 Å². The van der Waals surface area contributed by atoms with Gasteiger partial charge in [-0.3, -0.25) is 4.79 Å². The standard InChI is InChI=1S/C17H17N3O/c1-12-3-7-15(8-4-12)19-13(2)17(21)20-16-9-5-14(11-18)6-10-16/h3-10,13,19H,1-2H3,(H,20,21)/t13-/m0/s1. The fraction of sp³-hybridized carbons (Fsp3) is 0.176. The molecule has 1 atom stereocenters. The molecule has 106 valence electrons. The van der Waals surface area contributed by atoms with Crippen LogP contribution in [-0.4, -0.2) is 11.9 Å². The molecule has 0 radical (unpaired) electrons. The third-order valence-corrected chi connectivity index (χ3v) is 3.11. The molecular weight excluding hydrogens is 262 g/mol. The fourth-order valence-electron chi connectivity index (χ4n) is 1.84. The van der Waals surface area contributed by atoms with Gasteiger partial charge in [-0.05, 0) is 50.2 Å². The molecule has 0 fully saturated rings. The van der Waals surface area contributed by atoms with Crippen molar-refractivity contribution < 1.29 is 4.79 Å². The Morgan fingerprint density at radius 2 is 1.62 bits per heavy atom. The lowest BCUT2D eigenvalue weighted by Gasteiger charge is -2.15. The minimum Gasteiger partial charge on any atom is -0.374 e. The Morgan fingerprint density at radius 3 is 2.19 bits per heavy atom. The predicted molar refractivity (Wildman–Crippen MR) is 84.1 cm³/mol. The van der Waals surface area contributed by atoms with Gasteiger partial charge in [0.15, 0.2) is 0 Å². The molecule has 0 aliphatic rings. The second-order valence-corrected chi connectivity index (χ2v) is 4.91. The van der Waals surface area contributed by atoms with Crippen LogP contribution in [0.3, 0.4) is 0 Å². The van der Waals surface area contributed by atoms with Gasteiger partial charge >= 0.3 is 0 Å². The lowest BCUT2D eigenvalue weighted by atomic mass is 10.2. The third kappa shape index (κ3) is 4.08. The quantitative estimate of drug-likeness (QED) is 0.902. The number of aryl methyl sites for hydroxylation is 1. The summed E-state index contributed by atoms with van der Waals surface area (Å²) in [5.74, 6) is -0.125. The molecule has 0 aliphatic carbocycles. The van der Waals surface area contributed by atoms with Gasteiger partial charge in [0.05, 0.1) is 11.6 Å². The number of rotatable bonds is 4. The van der Waals surface area contributed by atoms with E-state index in [-0.39, 0.29) is 11.9 Å². The van der Waals surface area contributed by atoms with Gasteiger partial charge in [0.2, 0.25) is 5.91 Å². The number of anilines is 2. The van der Waals surface area contributed by atoms with Gasteiger partial charge in [-0.25, -0.2) is 0 Å². The van der Waals surface area contributed by atoms with Crippen LogP contribution in [0.4, 0.5) is 11.4 Å². The van der Waals surface area contributed by atoms with E-state index in [2.05, 4.69) is 10.6 Å². The summed E-state index contributed by atoms with van der Waals surface area (Å²) in [5.41, 5.74) is 3.33. The topological polar surface area (TPSA) is 64.9 Å². The molecule has 4 heteroatoms. The van der Waals surface area contributed by atoms with Crippen LogP contribution in [-0.2, 0) is 4.79 Å². The zero-order valence-electron chi connectivity index (χ0n) is 12.1. The zero-order chi connectivity index (χ0) is 15.2. The number of carbonyl (C=O) groups is 1. The van der Waals surface area contributed by atoms with Gasteiger partial charge in [0.1, 0.15) is 6.04 Å². The minimum atomic E-state index is -0.358. The van der Waals surface area contributed by atoms with Crippen LogP contribution in [0.5, 0.6) is 0 Å². The van der Waals surface area contributed by atoms with E-state index in [1.54, 1.807) is 31.2 Å². The van der Waals surface area contributed by atoms with E-state index in [9.17, 15) is 4.79 Å². The summed E-state index contributed by atoms with van der Waals surface area (Å²) in [6.07, 6.45) is 0. The molecular formula is C17H17N3O. The van der Waals surface area contributed by atoms with Gasteiger partial charge in [-0.2, -0.15) is 5.26 Å². The van der Waals surface area contributed by atoms with Crippen molar-refractivity contribution >= 4 is 17.3 Å². The van der Waals surface area contributed by atoms with E-state index in [1.807, 2.05) is 37.3 Å². The zero-order valence-corrected chi connectivity index (χ0v) is 12.1. The number of nitrogens with one attached hydrogen (secondary N) is 2. The summed E-state index contributed by atoms with van der Waals surface area (Å²) in [4.78, 5) is 12.1. The molecule has 0 aliphatic heterocycles. The molecule has 2 rings (SSSR count). The van der Waals surface area contributed by atoms with Gasteiger partial charge in [-0.1, -0.05) is 17.7 Å². The Labute approximate surface area is 124 Å². The first-order valence-electron chi connectivity index (χ1n) is 6.73. The molecule has 0 saturated carbocycles. The average Bonchev–Trinajstić information content (AvgIpc) is 2.50. The van der Waals surface area contributed by atoms with E-state index in [4.69, 9.17) is 5.26 Å². The highest BCUT2D eigenvalue weighted by Crippen LogP contribution is 2.12. The summed E-state index contributed by atoms with van der Waals surface area (Å²) < 4.78 is 0. The molecule has 0 bridgehead atoms. The fourth-order valence-corrected chi connectivity index (χ4v) is 1.84. The largest absolute Gasteiger partial charge is 0.374 e. The first-order valence-corrected chi connectivity index (χ1v) is 6.73. The highest BCUT2D eigenvalue weighted by atomic mass is 16.2. The predicted octanol–water partition coefficient (Wildman–Crippen LogP) is 3.31. The first kappa shape index (κ1) is 14.6. The second kappa shape index (κ2) is 6.58. The average molecular weight is 279 g/mol. The Balaban J connectivity index is 1.95. The molecule has 0 aromatic heterocycles. The maximum Gasteiger partial charge on any atom is 0.246 e. The lowest BCUT2D eigenvalue weighted by Crippen LogP contribution is -2.31. The summed E-state index contributed by atoms with van der Waals surface area (Å²) in [7, 11) is 0. The summed E-state index contributed by atoms with van der Waals surface area (Å²) in [6.45, 7) is 3.82. The van der Waals surface area contributed by atoms with Gasteiger partial charge in [-0.15, -0.1) is 0 Å². The normalized spacial score (nSPS) is 11.3. The van der Waals surface area contributed by atoms with Gasteiger partial charge < -0.3 is 10.6 Å².